The lowest BCUT2D eigenvalue weighted by atomic mass is 10.1. The summed E-state index contributed by atoms with van der Waals surface area (Å²) in [6.45, 7) is 0. The quantitative estimate of drug-likeness (QED) is 0.726. The van der Waals surface area contributed by atoms with Gasteiger partial charge in [-0.2, -0.15) is 0 Å². The number of hydrogen-bond acceptors (Lipinski definition) is 2. The third-order valence-corrected chi connectivity index (χ3v) is 4.17. The van der Waals surface area contributed by atoms with Crippen molar-refractivity contribution in [1.82, 2.24) is 0 Å². The maximum atomic E-state index is 13.5. The number of benzene rings is 2. The van der Waals surface area contributed by atoms with Gasteiger partial charge < -0.3 is 0 Å². The van der Waals surface area contributed by atoms with Crippen molar-refractivity contribution in [3.8, 4) is 0 Å². The number of rotatable bonds is 5. The van der Waals surface area contributed by atoms with E-state index in [0.29, 0.717) is 5.56 Å². The van der Waals surface area contributed by atoms with Crippen molar-refractivity contribution in [2.45, 2.75) is 11.3 Å². The number of hydrogen-bond donors (Lipinski definition) is 0. The van der Waals surface area contributed by atoms with Crippen LogP contribution in [0.4, 0.5) is 8.78 Å². The zero-order chi connectivity index (χ0) is 14.5. The van der Waals surface area contributed by atoms with Gasteiger partial charge in [-0.05, 0) is 48.0 Å². The van der Waals surface area contributed by atoms with E-state index in [9.17, 15) is 13.6 Å². The predicted molar refractivity (Wildman–Crippen MR) is 79.9 cm³/mol. The van der Waals surface area contributed by atoms with Gasteiger partial charge >= 0.3 is 0 Å². The Morgan fingerprint density at radius 2 is 1.80 bits per heavy atom. The lowest BCUT2D eigenvalue weighted by Crippen LogP contribution is -2.07. The number of ketones is 1. The Morgan fingerprint density at radius 3 is 2.50 bits per heavy atom. The normalized spacial score (nSPS) is 10.6. The van der Waals surface area contributed by atoms with E-state index in [1.807, 2.05) is 0 Å². The predicted octanol–water partition coefficient (Wildman–Crippen LogP) is 4.63. The maximum Gasteiger partial charge on any atom is 0.147 e. The summed E-state index contributed by atoms with van der Waals surface area (Å²) in [6.07, 6.45) is 0.0550. The van der Waals surface area contributed by atoms with Crippen LogP contribution in [0.2, 0.25) is 0 Å². The lowest BCUT2D eigenvalue weighted by Gasteiger charge is -2.04. The molecule has 0 amide bonds. The van der Waals surface area contributed by atoms with E-state index in [2.05, 4.69) is 15.9 Å². The van der Waals surface area contributed by atoms with Crippen LogP contribution in [0.1, 0.15) is 5.56 Å². The zero-order valence-corrected chi connectivity index (χ0v) is 12.8. The summed E-state index contributed by atoms with van der Waals surface area (Å²) in [5.41, 5.74) is 0.379. The van der Waals surface area contributed by atoms with E-state index < -0.39 is 0 Å². The van der Waals surface area contributed by atoms with Crippen LogP contribution in [0, 0.1) is 11.6 Å². The summed E-state index contributed by atoms with van der Waals surface area (Å²) >= 11 is 4.57. The molecule has 0 bridgehead atoms. The Labute approximate surface area is 128 Å². The van der Waals surface area contributed by atoms with Crippen molar-refractivity contribution in [2.75, 3.05) is 5.75 Å². The molecule has 0 atom stereocenters. The topological polar surface area (TPSA) is 17.1 Å². The summed E-state index contributed by atoms with van der Waals surface area (Å²) in [4.78, 5) is 12.7. The molecule has 0 aliphatic rings. The fourth-order valence-corrected chi connectivity index (χ4v) is 2.80. The van der Waals surface area contributed by atoms with Crippen LogP contribution in [0.3, 0.4) is 0 Å². The Morgan fingerprint density at radius 1 is 1.10 bits per heavy atom. The monoisotopic (exact) mass is 356 g/mol. The molecule has 0 fully saturated rings. The van der Waals surface area contributed by atoms with E-state index in [-0.39, 0.29) is 29.6 Å². The van der Waals surface area contributed by atoms with Gasteiger partial charge in [0.1, 0.15) is 17.4 Å². The fourth-order valence-electron chi connectivity index (χ4n) is 1.64. The van der Waals surface area contributed by atoms with Gasteiger partial charge in [-0.15, -0.1) is 11.8 Å². The molecule has 1 nitrogen and oxygen atoms in total. The molecular weight excluding hydrogens is 346 g/mol. The third-order valence-electron chi connectivity index (χ3n) is 2.61. The van der Waals surface area contributed by atoms with Gasteiger partial charge in [-0.3, -0.25) is 4.79 Å². The van der Waals surface area contributed by atoms with Gasteiger partial charge in [0.15, 0.2) is 0 Å². The van der Waals surface area contributed by atoms with Crippen LogP contribution < -0.4 is 0 Å². The molecule has 0 aromatic heterocycles. The summed E-state index contributed by atoms with van der Waals surface area (Å²) in [5.74, 6) is -0.529. The summed E-state index contributed by atoms with van der Waals surface area (Å²) in [6, 6.07) is 10.5. The zero-order valence-electron chi connectivity index (χ0n) is 10.4. The molecular formula is C15H11BrF2OS. The largest absolute Gasteiger partial charge is 0.298 e. The third kappa shape index (κ3) is 4.42. The first-order valence-corrected chi connectivity index (χ1v) is 7.66. The number of Topliss-reactive ketones (excluding diaryl/α,β-unsaturated/α-hetero) is 1. The molecule has 0 saturated carbocycles. The van der Waals surface area contributed by atoms with Crippen LogP contribution in [0.25, 0.3) is 0 Å². The SMILES string of the molecule is O=C(CSc1ccc(F)cc1)Cc1cc(Br)ccc1F. The average molecular weight is 357 g/mol. The van der Waals surface area contributed by atoms with Crippen molar-refractivity contribution in [1.29, 1.82) is 0 Å². The number of thioether (sulfide) groups is 1. The van der Waals surface area contributed by atoms with Gasteiger partial charge in [0, 0.05) is 15.8 Å². The van der Waals surface area contributed by atoms with Crippen LogP contribution in [-0.4, -0.2) is 11.5 Å². The molecule has 0 aliphatic carbocycles. The first-order chi connectivity index (χ1) is 9.54. The number of halogens is 3. The van der Waals surface area contributed by atoms with Gasteiger partial charge in [0.05, 0.1) is 5.75 Å². The molecule has 20 heavy (non-hydrogen) atoms. The maximum absolute atomic E-state index is 13.5. The first kappa shape index (κ1) is 15.2. The van der Waals surface area contributed by atoms with E-state index in [1.54, 1.807) is 24.3 Å². The van der Waals surface area contributed by atoms with Crippen LogP contribution >= 0.6 is 27.7 Å². The van der Waals surface area contributed by atoms with Gasteiger partial charge in [0.2, 0.25) is 0 Å². The molecule has 0 unspecified atom stereocenters. The molecule has 0 radical (unpaired) electrons. The highest BCUT2D eigenvalue weighted by Gasteiger charge is 2.09. The molecule has 104 valence electrons. The van der Waals surface area contributed by atoms with Crippen LogP contribution in [0.15, 0.2) is 51.8 Å². The van der Waals surface area contributed by atoms with Gasteiger partial charge in [0.25, 0.3) is 0 Å². The second-order valence-electron chi connectivity index (χ2n) is 4.19. The van der Waals surface area contributed by atoms with Crippen LogP contribution in [-0.2, 0) is 11.2 Å². The molecule has 2 aromatic carbocycles. The Balaban J connectivity index is 1.92. The summed E-state index contributed by atoms with van der Waals surface area (Å²) < 4.78 is 27.0. The molecule has 2 rings (SSSR count). The highest BCUT2D eigenvalue weighted by Crippen LogP contribution is 2.20. The Kier molecular flexibility index (Phi) is 5.31. The second kappa shape index (κ2) is 6.99. The molecule has 5 heteroatoms. The highest BCUT2D eigenvalue weighted by molar-refractivity contribution is 9.10. The van der Waals surface area contributed by atoms with Gasteiger partial charge in [-0.25, -0.2) is 8.78 Å². The number of carbonyl (C=O) groups is 1. The Bertz CT molecular complexity index is 614. The molecule has 0 aliphatic heterocycles. The lowest BCUT2D eigenvalue weighted by molar-refractivity contribution is -0.116. The van der Waals surface area contributed by atoms with Gasteiger partial charge in [-0.1, -0.05) is 15.9 Å². The van der Waals surface area contributed by atoms with E-state index in [4.69, 9.17) is 0 Å². The van der Waals surface area contributed by atoms with E-state index in [0.717, 1.165) is 9.37 Å². The molecule has 2 aromatic rings. The first-order valence-electron chi connectivity index (χ1n) is 5.88. The molecule has 0 spiro atoms. The standard InChI is InChI=1S/C15H11BrF2OS/c16-11-1-6-15(18)10(7-11)8-13(19)9-20-14-4-2-12(17)3-5-14/h1-7H,8-9H2. The van der Waals surface area contributed by atoms with Crippen molar-refractivity contribution in [3.63, 3.8) is 0 Å². The molecule has 0 saturated heterocycles. The summed E-state index contributed by atoms with van der Waals surface area (Å²) in [7, 11) is 0. The van der Waals surface area contributed by atoms with E-state index in [1.165, 1.54) is 30.0 Å². The smallest absolute Gasteiger partial charge is 0.147 e. The fraction of sp³-hybridized carbons (Fsp3) is 0.133. The average Bonchev–Trinajstić information content (AvgIpc) is 2.42. The molecule has 0 heterocycles. The van der Waals surface area contributed by atoms with Crippen molar-refractivity contribution in [3.05, 3.63) is 64.1 Å². The van der Waals surface area contributed by atoms with Crippen molar-refractivity contribution in [2.24, 2.45) is 0 Å². The molecule has 0 N–H and O–H groups in total. The highest BCUT2D eigenvalue weighted by atomic mass is 79.9. The Hall–Kier alpha value is -1.20. The minimum Gasteiger partial charge on any atom is -0.298 e. The van der Waals surface area contributed by atoms with E-state index >= 15 is 0 Å². The summed E-state index contributed by atoms with van der Waals surface area (Å²) in [5, 5.41) is 0. The second-order valence-corrected chi connectivity index (χ2v) is 6.16. The van der Waals surface area contributed by atoms with Crippen LogP contribution in [0.5, 0.6) is 0 Å². The minimum absolute atomic E-state index is 0.0550. The van der Waals surface area contributed by atoms with Crippen molar-refractivity contribution < 1.29 is 13.6 Å². The number of carbonyl (C=O) groups excluding carboxylic acids is 1. The van der Waals surface area contributed by atoms with Crippen molar-refractivity contribution >= 4 is 33.5 Å². The minimum atomic E-state index is -0.381.